The van der Waals surface area contributed by atoms with Crippen molar-refractivity contribution in [2.24, 2.45) is 0 Å². The molecule has 0 heterocycles. The first-order valence-electron chi connectivity index (χ1n) is 5.13. The molecule has 0 aliphatic rings. The summed E-state index contributed by atoms with van der Waals surface area (Å²) in [5.41, 5.74) is 0.176. The van der Waals surface area contributed by atoms with Crippen LogP contribution in [0.2, 0.25) is 0 Å². The normalized spacial score (nSPS) is 10.8. The molecule has 1 rings (SSSR count). The summed E-state index contributed by atoms with van der Waals surface area (Å²) >= 11 is 0. The average Bonchev–Trinajstić information content (AvgIpc) is 2.28. The van der Waals surface area contributed by atoms with Crippen molar-refractivity contribution in [2.45, 2.75) is 11.8 Å². The summed E-state index contributed by atoms with van der Waals surface area (Å²) in [5.74, 6) is -0.645. The van der Waals surface area contributed by atoms with Gasteiger partial charge in [0.2, 0.25) is 0 Å². The summed E-state index contributed by atoms with van der Waals surface area (Å²) in [6.07, 6.45) is 0.232. The van der Waals surface area contributed by atoms with Crippen LogP contribution < -0.4 is 5.32 Å². The fourth-order valence-corrected chi connectivity index (χ4v) is 1.82. The number of rotatable bonds is 3. The zero-order valence-corrected chi connectivity index (χ0v) is 10.8. The third kappa shape index (κ3) is 3.85. The number of hydrogen-bond acceptors (Lipinski definition) is 5. The summed E-state index contributed by atoms with van der Waals surface area (Å²) in [5, 5.41) is 2.01. The first-order chi connectivity index (χ1) is 8.34. The molecule has 0 unspecified atom stereocenters. The Morgan fingerprint density at radius 3 is 2.22 bits per heavy atom. The Bertz CT molecular complexity index is 547. The van der Waals surface area contributed by atoms with Crippen LogP contribution in [-0.2, 0) is 14.6 Å². The topological polar surface area (TPSA) is 89.5 Å². The molecule has 0 aliphatic heterocycles. The number of carbonyl (C=O) groups excluding carboxylic acids is 2. The van der Waals surface area contributed by atoms with Gasteiger partial charge in [0.1, 0.15) is 0 Å². The number of amides is 2. The van der Waals surface area contributed by atoms with Crippen molar-refractivity contribution in [3.05, 3.63) is 29.8 Å². The molecule has 0 fully saturated rings. The summed E-state index contributed by atoms with van der Waals surface area (Å²) < 4.78 is 26.9. The summed E-state index contributed by atoms with van der Waals surface area (Å²) in [4.78, 5) is 22.6. The molecule has 0 saturated heterocycles. The van der Waals surface area contributed by atoms with Gasteiger partial charge in [-0.05, 0) is 31.2 Å². The van der Waals surface area contributed by atoms with Crippen LogP contribution in [0, 0.1) is 0 Å². The zero-order chi connectivity index (χ0) is 13.8. The summed E-state index contributed by atoms with van der Waals surface area (Å²) in [7, 11) is -3.30. The third-order valence-electron chi connectivity index (χ3n) is 2.04. The van der Waals surface area contributed by atoms with Gasteiger partial charge in [-0.2, -0.15) is 0 Å². The molecule has 1 aromatic carbocycles. The monoisotopic (exact) mass is 271 g/mol. The van der Waals surface area contributed by atoms with Crippen LogP contribution >= 0.6 is 0 Å². The molecule has 0 bridgehead atoms. The Morgan fingerprint density at radius 2 is 1.78 bits per heavy atom. The molecular formula is C11H13NO5S. The van der Waals surface area contributed by atoms with Gasteiger partial charge in [0.15, 0.2) is 9.84 Å². The second-order valence-corrected chi connectivity index (χ2v) is 5.49. The Labute approximate surface area is 105 Å². The van der Waals surface area contributed by atoms with E-state index in [0.717, 1.165) is 6.26 Å². The van der Waals surface area contributed by atoms with E-state index in [1.165, 1.54) is 24.3 Å². The van der Waals surface area contributed by atoms with Gasteiger partial charge in [0, 0.05) is 11.8 Å². The Balaban J connectivity index is 2.80. The molecule has 1 N–H and O–H groups in total. The largest absolute Gasteiger partial charge is 0.450 e. The Hall–Kier alpha value is -1.89. The van der Waals surface area contributed by atoms with Gasteiger partial charge < -0.3 is 4.74 Å². The smallest absolute Gasteiger partial charge is 0.414 e. The van der Waals surface area contributed by atoms with Crippen LogP contribution in [0.5, 0.6) is 0 Å². The molecule has 1 aromatic rings. The van der Waals surface area contributed by atoms with Gasteiger partial charge >= 0.3 is 6.09 Å². The lowest BCUT2D eigenvalue weighted by atomic mass is 10.2. The molecule has 0 aromatic heterocycles. The zero-order valence-electron chi connectivity index (χ0n) is 9.97. The van der Waals surface area contributed by atoms with E-state index >= 15 is 0 Å². The highest BCUT2D eigenvalue weighted by atomic mass is 32.2. The molecule has 7 heteroatoms. The number of hydrogen-bond donors (Lipinski definition) is 1. The van der Waals surface area contributed by atoms with Crippen molar-refractivity contribution >= 4 is 21.8 Å². The molecule has 98 valence electrons. The van der Waals surface area contributed by atoms with Gasteiger partial charge in [0.25, 0.3) is 5.91 Å². The fourth-order valence-electron chi connectivity index (χ4n) is 1.19. The molecule has 2 amide bonds. The van der Waals surface area contributed by atoms with E-state index in [-0.39, 0.29) is 17.1 Å². The molecule has 0 saturated carbocycles. The number of sulfone groups is 1. The lowest BCUT2D eigenvalue weighted by Gasteiger charge is -2.04. The second-order valence-electron chi connectivity index (χ2n) is 3.47. The van der Waals surface area contributed by atoms with Crippen LogP contribution in [0.3, 0.4) is 0 Å². The maximum absolute atomic E-state index is 11.5. The Morgan fingerprint density at radius 1 is 1.22 bits per heavy atom. The standard InChI is InChI=1S/C11H13NO5S/c1-3-17-11(14)12-10(13)8-4-6-9(7-5-8)18(2,15)16/h4-7H,3H2,1-2H3,(H,12,13,14). The molecule has 18 heavy (non-hydrogen) atoms. The quantitative estimate of drug-likeness (QED) is 0.885. The summed E-state index contributed by atoms with van der Waals surface area (Å²) in [6, 6.07) is 5.25. The van der Waals surface area contributed by atoms with Crippen molar-refractivity contribution in [3.63, 3.8) is 0 Å². The van der Waals surface area contributed by atoms with Crippen molar-refractivity contribution < 1.29 is 22.7 Å². The van der Waals surface area contributed by atoms with E-state index in [1.54, 1.807) is 6.92 Å². The van der Waals surface area contributed by atoms with Gasteiger partial charge in [-0.25, -0.2) is 13.2 Å². The Kier molecular flexibility index (Phi) is 4.43. The van der Waals surface area contributed by atoms with Gasteiger partial charge in [-0.15, -0.1) is 0 Å². The number of imide groups is 1. The minimum Gasteiger partial charge on any atom is -0.450 e. The number of alkyl carbamates (subject to hydrolysis) is 1. The van der Waals surface area contributed by atoms with Crippen LogP contribution in [0.25, 0.3) is 0 Å². The highest BCUT2D eigenvalue weighted by Crippen LogP contribution is 2.10. The summed E-state index contributed by atoms with van der Waals surface area (Å²) in [6.45, 7) is 1.77. The number of carbonyl (C=O) groups is 2. The number of benzene rings is 1. The molecule has 0 radical (unpaired) electrons. The highest BCUT2D eigenvalue weighted by molar-refractivity contribution is 7.90. The SMILES string of the molecule is CCOC(=O)NC(=O)c1ccc(S(C)(=O)=O)cc1. The van der Waals surface area contributed by atoms with Crippen molar-refractivity contribution in [3.8, 4) is 0 Å². The molecular weight excluding hydrogens is 258 g/mol. The number of ether oxygens (including phenoxy) is 1. The van der Waals surface area contributed by atoms with E-state index < -0.39 is 21.8 Å². The van der Waals surface area contributed by atoms with Crippen LogP contribution in [0.15, 0.2) is 29.2 Å². The van der Waals surface area contributed by atoms with E-state index in [0.29, 0.717) is 0 Å². The van der Waals surface area contributed by atoms with Gasteiger partial charge in [0.05, 0.1) is 11.5 Å². The predicted molar refractivity (Wildman–Crippen MR) is 64.0 cm³/mol. The van der Waals surface area contributed by atoms with Crippen molar-refractivity contribution in [2.75, 3.05) is 12.9 Å². The lowest BCUT2D eigenvalue weighted by Crippen LogP contribution is -2.30. The average molecular weight is 271 g/mol. The van der Waals surface area contributed by atoms with Gasteiger partial charge in [-0.3, -0.25) is 10.1 Å². The van der Waals surface area contributed by atoms with Crippen LogP contribution in [-0.4, -0.2) is 33.3 Å². The molecule has 0 aliphatic carbocycles. The maximum atomic E-state index is 11.5. The maximum Gasteiger partial charge on any atom is 0.414 e. The first kappa shape index (κ1) is 14.2. The van der Waals surface area contributed by atoms with Crippen LogP contribution in [0.4, 0.5) is 4.79 Å². The molecule has 0 spiro atoms. The predicted octanol–water partition coefficient (Wildman–Crippen LogP) is 0.976. The molecule has 0 atom stereocenters. The minimum absolute atomic E-state index is 0.107. The highest BCUT2D eigenvalue weighted by Gasteiger charge is 2.12. The lowest BCUT2D eigenvalue weighted by molar-refractivity contribution is 0.0925. The first-order valence-corrected chi connectivity index (χ1v) is 7.02. The number of nitrogens with one attached hydrogen (secondary N) is 1. The third-order valence-corrected chi connectivity index (χ3v) is 3.16. The van der Waals surface area contributed by atoms with Crippen LogP contribution in [0.1, 0.15) is 17.3 Å². The van der Waals surface area contributed by atoms with E-state index in [1.807, 2.05) is 5.32 Å². The minimum atomic E-state index is -3.30. The second kappa shape index (κ2) is 5.63. The van der Waals surface area contributed by atoms with Crippen molar-refractivity contribution in [1.29, 1.82) is 0 Å². The van der Waals surface area contributed by atoms with Crippen molar-refractivity contribution in [1.82, 2.24) is 5.32 Å². The van der Waals surface area contributed by atoms with Gasteiger partial charge in [-0.1, -0.05) is 0 Å². The van der Waals surface area contributed by atoms with E-state index in [4.69, 9.17) is 0 Å². The van der Waals surface area contributed by atoms with E-state index in [2.05, 4.69) is 4.74 Å². The molecule has 6 nitrogen and oxygen atoms in total. The fraction of sp³-hybridized carbons (Fsp3) is 0.273. The van der Waals surface area contributed by atoms with E-state index in [9.17, 15) is 18.0 Å².